The zero-order valence-corrected chi connectivity index (χ0v) is 8.25. The van der Waals surface area contributed by atoms with Crippen LogP contribution in [0.3, 0.4) is 0 Å². The first kappa shape index (κ1) is 11.2. The van der Waals surface area contributed by atoms with Crippen LogP contribution in [-0.2, 0) is 0 Å². The molecular weight excluding hydrogens is 194 g/mol. The van der Waals surface area contributed by atoms with Gasteiger partial charge in [-0.15, -0.1) is 6.42 Å². The van der Waals surface area contributed by atoms with Gasteiger partial charge in [-0.2, -0.15) is 0 Å². The van der Waals surface area contributed by atoms with Crippen LogP contribution in [0.5, 0.6) is 0 Å². The molecule has 0 aliphatic rings. The van der Waals surface area contributed by atoms with E-state index in [0.29, 0.717) is 0 Å². The van der Waals surface area contributed by atoms with Gasteiger partial charge in [0, 0.05) is 19.1 Å². The molecule has 78 valence electrons. The van der Waals surface area contributed by atoms with Crippen LogP contribution in [0.4, 0.5) is 10.5 Å². The van der Waals surface area contributed by atoms with Gasteiger partial charge in [0.05, 0.1) is 0 Å². The molecule has 0 spiro atoms. The summed E-state index contributed by atoms with van der Waals surface area (Å²) < 4.78 is -1.41. The smallest absolute Gasteiger partial charge is 0.298 e. The zero-order valence-electron chi connectivity index (χ0n) is 8.25. The number of carbonyl (C=O) groups excluding carboxylic acids is 1. The van der Waals surface area contributed by atoms with E-state index < -0.39 is 16.8 Å². The summed E-state index contributed by atoms with van der Waals surface area (Å²) in [5, 5.41) is 20.9. The van der Waals surface area contributed by atoms with Crippen molar-refractivity contribution in [3.8, 4) is 12.3 Å². The summed E-state index contributed by atoms with van der Waals surface area (Å²) in [5.41, 5.74) is 0.169. The normalized spacial score (nSPS) is 16.1. The number of quaternary nitrogens is 1. The third-order valence-electron chi connectivity index (χ3n) is 2.23. The second kappa shape index (κ2) is 4.13. The molecule has 0 aromatic heterocycles. The first-order chi connectivity index (χ1) is 7.03. The maximum Gasteiger partial charge on any atom is 0.298 e. The maximum atomic E-state index is 10.9. The highest BCUT2D eigenvalue weighted by Crippen LogP contribution is 2.22. The molecule has 2 atom stereocenters. The predicted molar refractivity (Wildman–Crippen MR) is 53.7 cm³/mol. The van der Waals surface area contributed by atoms with Crippen LogP contribution in [0.15, 0.2) is 30.3 Å². The predicted octanol–water partition coefficient (Wildman–Crippen LogP) is 0.748. The van der Waals surface area contributed by atoms with Crippen molar-refractivity contribution in [2.24, 2.45) is 0 Å². The molecular formula is C11H11NO3. The van der Waals surface area contributed by atoms with Crippen LogP contribution in [0.2, 0.25) is 0 Å². The van der Waals surface area contributed by atoms with E-state index in [4.69, 9.17) is 6.42 Å². The summed E-state index contributed by atoms with van der Waals surface area (Å²) in [6.07, 6.45) is 3.47. The summed E-state index contributed by atoms with van der Waals surface area (Å²) in [6.45, 7) is 1.43. The van der Waals surface area contributed by atoms with Gasteiger partial charge in [0.2, 0.25) is 0 Å². The SMILES string of the molecule is C#CC(C)[N@@+](O)(C(=O)[O-])c1ccccc1. The molecule has 1 rings (SSSR count). The van der Waals surface area contributed by atoms with Crippen LogP contribution in [-0.4, -0.2) is 17.3 Å². The molecule has 0 fully saturated rings. The van der Waals surface area contributed by atoms with Crippen LogP contribution in [0, 0.1) is 12.3 Å². The van der Waals surface area contributed by atoms with Crippen LogP contribution >= 0.6 is 0 Å². The fourth-order valence-electron chi connectivity index (χ4n) is 1.25. The van der Waals surface area contributed by atoms with E-state index in [2.05, 4.69) is 5.92 Å². The Morgan fingerprint density at radius 3 is 2.47 bits per heavy atom. The molecule has 1 unspecified atom stereocenters. The third kappa shape index (κ3) is 1.84. The van der Waals surface area contributed by atoms with Crippen LogP contribution in [0.25, 0.3) is 0 Å². The molecule has 0 bridgehead atoms. The number of para-hydroxylation sites is 1. The van der Waals surface area contributed by atoms with E-state index in [0.717, 1.165) is 0 Å². The Morgan fingerprint density at radius 1 is 1.53 bits per heavy atom. The van der Waals surface area contributed by atoms with Crippen molar-refractivity contribution < 1.29 is 15.1 Å². The zero-order chi connectivity index (χ0) is 11.5. The fraction of sp³-hybridized carbons (Fsp3) is 0.182. The molecule has 0 aliphatic heterocycles. The van der Waals surface area contributed by atoms with E-state index in [1.807, 2.05) is 0 Å². The number of carbonyl (C=O) groups is 1. The van der Waals surface area contributed by atoms with Crippen LogP contribution in [0.1, 0.15) is 6.92 Å². The lowest BCUT2D eigenvalue weighted by Crippen LogP contribution is -2.62. The van der Waals surface area contributed by atoms with Crippen molar-refractivity contribution in [2.45, 2.75) is 13.0 Å². The Balaban J connectivity index is 3.26. The number of carboxylic acid groups (broad SMARTS) is 1. The molecule has 0 saturated heterocycles. The summed E-state index contributed by atoms with van der Waals surface area (Å²) in [7, 11) is 0. The molecule has 15 heavy (non-hydrogen) atoms. The van der Waals surface area contributed by atoms with E-state index in [1.165, 1.54) is 19.1 Å². The highest BCUT2D eigenvalue weighted by molar-refractivity contribution is 5.77. The molecule has 0 radical (unpaired) electrons. The molecule has 0 aliphatic carbocycles. The largest absolute Gasteiger partial charge is 0.496 e. The minimum Gasteiger partial charge on any atom is -0.496 e. The molecule has 0 heterocycles. The number of terminal acetylenes is 1. The highest BCUT2D eigenvalue weighted by atomic mass is 16.6. The van der Waals surface area contributed by atoms with Gasteiger partial charge < -0.3 is 9.90 Å². The summed E-state index contributed by atoms with van der Waals surface area (Å²) in [6, 6.07) is 6.98. The summed E-state index contributed by atoms with van der Waals surface area (Å²) >= 11 is 0. The summed E-state index contributed by atoms with van der Waals surface area (Å²) in [5.74, 6) is 2.19. The van der Waals surface area contributed by atoms with E-state index >= 15 is 0 Å². The number of nitrogens with zero attached hydrogens (tertiary/aromatic N) is 1. The van der Waals surface area contributed by atoms with Crippen LogP contribution < -0.4 is 9.75 Å². The second-order valence-corrected chi connectivity index (χ2v) is 3.13. The highest BCUT2D eigenvalue weighted by Gasteiger charge is 2.37. The molecule has 1 N–H and O–H groups in total. The van der Waals surface area contributed by atoms with Gasteiger partial charge in [0.15, 0.2) is 11.7 Å². The standard InChI is InChI=1S/C11H11NO3/c1-3-9(2)12(15,11(13)14)10-7-5-4-6-8-10/h1,4-9,15H,2H3/t9?,12-/m0/s1. The topological polar surface area (TPSA) is 60.4 Å². The lowest BCUT2D eigenvalue weighted by atomic mass is 10.2. The van der Waals surface area contributed by atoms with Gasteiger partial charge in [-0.25, -0.2) is 5.21 Å². The van der Waals surface area contributed by atoms with Crippen molar-refractivity contribution in [1.82, 2.24) is 4.65 Å². The quantitative estimate of drug-likeness (QED) is 0.335. The summed E-state index contributed by atoms with van der Waals surface area (Å²) in [4.78, 5) is 10.9. The Bertz CT molecular complexity index is 396. The van der Waals surface area contributed by atoms with E-state index in [9.17, 15) is 15.1 Å². The van der Waals surface area contributed by atoms with Crippen molar-refractivity contribution >= 4 is 11.8 Å². The number of benzene rings is 1. The Morgan fingerprint density at radius 2 is 2.07 bits per heavy atom. The Hall–Kier alpha value is -1.83. The number of rotatable bonds is 2. The molecule has 1 aromatic rings. The van der Waals surface area contributed by atoms with Gasteiger partial charge in [0.1, 0.15) is 0 Å². The maximum absolute atomic E-state index is 10.9. The first-order valence-electron chi connectivity index (χ1n) is 4.38. The van der Waals surface area contributed by atoms with Gasteiger partial charge in [-0.1, -0.05) is 22.8 Å². The van der Waals surface area contributed by atoms with E-state index in [-0.39, 0.29) is 5.69 Å². The van der Waals surface area contributed by atoms with Gasteiger partial charge in [0.25, 0.3) is 6.09 Å². The number of hydrogen-bond donors (Lipinski definition) is 1. The molecule has 4 heteroatoms. The Labute approximate surface area is 87.9 Å². The average molecular weight is 205 g/mol. The van der Waals surface area contributed by atoms with Gasteiger partial charge in [-0.05, 0) is 5.92 Å². The van der Waals surface area contributed by atoms with E-state index in [1.54, 1.807) is 18.2 Å². The average Bonchev–Trinajstić information content (AvgIpc) is 2.27. The van der Waals surface area contributed by atoms with Gasteiger partial charge in [-0.3, -0.25) is 0 Å². The third-order valence-corrected chi connectivity index (χ3v) is 2.23. The molecule has 1 aromatic carbocycles. The second-order valence-electron chi connectivity index (χ2n) is 3.13. The van der Waals surface area contributed by atoms with Crippen molar-refractivity contribution in [3.63, 3.8) is 0 Å². The van der Waals surface area contributed by atoms with Crippen molar-refractivity contribution in [1.29, 1.82) is 0 Å². The molecule has 4 nitrogen and oxygen atoms in total. The van der Waals surface area contributed by atoms with Crippen molar-refractivity contribution in [2.75, 3.05) is 0 Å². The number of hydrogen-bond acceptors (Lipinski definition) is 3. The van der Waals surface area contributed by atoms with Gasteiger partial charge >= 0.3 is 0 Å². The monoisotopic (exact) mass is 205 g/mol. The number of amides is 1. The number of hydroxylamine groups is 2. The fourth-order valence-corrected chi connectivity index (χ4v) is 1.25. The molecule has 0 saturated carbocycles. The lowest BCUT2D eigenvalue weighted by Gasteiger charge is -2.31. The minimum absolute atomic E-state index is 0.169. The Kier molecular flexibility index (Phi) is 3.10. The lowest BCUT2D eigenvalue weighted by molar-refractivity contribution is -0.292. The minimum atomic E-state index is -1.65. The molecule has 1 amide bonds. The first-order valence-corrected chi connectivity index (χ1v) is 4.38. The van der Waals surface area contributed by atoms with Crippen molar-refractivity contribution in [3.05, 3.63) is 30.3 Å².